The first kappa shape index (κ1) is 29.3. The minimum atomic E-state index is -4.54. The maximum absolute atomic E-state index is 14.0. The van der Waals surface area contributed by atoms with Crippen LogP contribution in [0.1, 0.15) is 43.0 Å². The number of ether oxygens (including phenoxy) is 1. The Kier molecular flexibility index (Phi) is 8.31. The van der Waals surface area contributed by atoms with Crippen LogP contribution in [0.3, 0.4) is 0 Å². The number of likely N-dealkylation sites (tertiary alicyclic amines) is 1. The molecule has 1 N–H and O–H groups in total. The number of alkyl halides is 3. The number of pyridine rings is 1. The average Bonchev–Trinajstić information content (AvgIpc) is 3.41. The molecule has 2 aliphatic rings. The lowest BCUT2D eigenvalue weighted by Crippen LogP contribution is -2.54. The van der Waals surface area contributed by atoms with Gasteiger partial charge in [0, 0.05) is 31.9 Å². The number of rotatable bonds is 7. The van der Waals surface area contributed by atoms with Crippen LogP contribution in [0.25, 0.3) is 11.3 Å². The molecule has 1 amide bonds. The minimum absolute atomic E-state index is 0.00823. The minimum Gasteiger partial charge on any atom is -0.477 e. The zero-order chi connectivity index (χ0) is 29.9. The molecule has 3 aromatic rings. The molecule has 2 aromatic heterocycles. The average molecular weight is 580 g/mol. The number of nitriles is 1. The highest BCUT2D eigenvalue weighted by molar-refractivity contribution is 5.88. The molecule has 0 aliphatic carbocycles. The summed E-state index contributed by atoms with van der Waals surface area (Å²) in [5, 5.41) is 12.8. The van der Waals surface area contributed by atoms with Gasteiger partial charge < -0.3 is 19.9 Å². The van der Waals surface area contributed by atoms with Crippen molar-refractivity contribution < 1.29 is 22.7 Å². The maximum Gasteiger partial charge on any atom is 0.416 e. The molecule has 4 heterocycles. The molecule has 1 aromatic carbocycles. The smallest absolute Gasteiger partial charge is 0.416 e. The monoisotopic (exact) mass is 579 g/mol. The summed E-state index contributed by atoms with van der Waals surface area (Å²) in [5.41, 5.74) is 0.256. The van der Waals surface area contributed by atoms with Gasteiger partial charge in [-0.2, -0.15) is 18.4 Å². The Bertz CT molecular complexity index is 1460. The predicted octanol–water partition coefficient (Wildman–Crippen LogP) is 4.19. The predicted molar refractivity (Wildman–Crippen MR) is 150 cm³/mol. The topological polar surface area (TPSA) is 107 Å². The van der Waals surface area contributed by atoms with Crippen LogP contribution < -0.4 is 15.0 Å². The fraction of sp³-hybridized carbons (Fsp3) is 0.433. The summed E-state index contributed by atoms with van der Waals surface area (Å²) in [6.45, 7) is 4.64. The summed E-state index contributed by atoms with van der Waals surface area (Å²) in [5.74, 6) is 0.298. The van der Waals surface area contributed by atoms with Crippen LogP contribution in [0.2, 0.25) is 0 Å². The number of hydrogen-bond acceptors (Lipinski definition) is 8. The van der Waals surface area contributed by atoms with Crippen molar-refractivity contribution in [2.75, 3.05) is 44.7 Å². The summed E-state index contributed by atoms with van der Waals surface area (Å²) in [4.78, 5) is 31.6. The van der Waals surface area contributed by atoms with Crippen molar-refractivity contribution >= 4 is 11.6 Å². The van der Waals surface area contributed by atoms with Crippen LogP contribution in [0.4, 0.5) is 18.9 Å². The number of nitrogens with one attached hydrogen (secondary N) is 1. The number of anilines is 1. The zero-order valence-corrected chi connectivity index (χ0v) is 23.5. The number of likely N-dealkylation sites (N-methyl/N-ethyl adjacent to an activating group) is 1. The van der Waals surface area contributed by atoms with Crippen LogP contribution in [-0.2, 0) is 16.4 Å². The largest absolute Gasteiger partial charge is 0.477 e. The second-order valence-electron chi connectivity index (χ2n) is 10.7. The molecule has 2 saturated heterocycles. The fourth-order valence-corrected chi connectivity index (χ4v) is 5.73. The third-order valence-corrected chi connectivity index (χ3v) is 8.03. The molecular weight excluding hydrogens is 547 g/mol. The van der Waals surface area contributed by atoms with Crippen LogP contribution in [0.15, 0.2) is 48.9 Å². The summed E-state index contributed by atoms with van der Waals surface area (Å²) in [6.07, 6.45) is 1.86. The van der Waals surface area contributed by atoms with E-state index in [1.165, 1.54) is 6.07 Å². The highest BCUT2D eigenvalue weighted by atomic mass is 19.4. The number of carbonyl (C=O) groups excluding carboxylic acids is 1. The molecule has 1 atom stereocenters. The molecule has 0 saturated carbocycles. The highest BCUT2D eigenvalue weighted by Gasteiger charge is 2.46. The van der Waals surface area contributed by atoms with Gasteiger partial charge in [0.1, 0.15) is 6.07 Å². The van der Waals surface area contributed by atoms with Crippen LogP contribution in [-0.4, -0.2) is 71.6 Å². The lowest BCUT2D eigenvalue weighted by Gasteiger charge is -2.41. The molecule has 2 aliphatic heterocycles. The molecule has 0 radical (unpaired) electrons. The summed E-state index contributed by atoms with van der Waals surface area (Å²) >= 11 is 0. The molecular formula is C30H32F3N7O2. The van der Waals surface area contributed by atoms with E-state index in [0.29, 0.717) is 61.1 Å². The first-order chi connectivity index (χ1) is 20.1. The Hall–Kier alpha value is -4.24. The molecule has 12 heteroatoms. The highest BCUT2D eigenvalue weighted by Crippen LogP contribution is 2.39. The third kappa shape index (κ3) is 5.87. The van der Waals surface area contributed by atoms with Gasteiger partial charge in [0.2, 0.25) is 11.8 Å². The first-order valence-electron chi connectivity index (χ1n) is 13.9. The third-order valence-electron chi connectivity index (χ3n) is 8.03. The maximum atomic E-state index is 14.0. The Morgan fingerprint density at radius 3 is 2.57 bits per heavy atom. The second-order valence-corrected chi connectivity index (χ2v) is 10.7. The Morgan fingerprint density at radius 2 is 1.95 bits per heavy atom. The van der Waals surface area contributed by atoms with E-state index in [4.69, 9.17) is 9.72 Å². The van der Waals surface area contributed by atoms with Crippen molar-refractivity contribution in [3.63, 3.8) is 0 Å². The molecule has 42 heavy (non-hydrogen) atoms. The molecule has 0 bridgehead atoms. The Labute approximate surface area is 242 Å². The van der Waals surface area contributed by atoms with E-state index < -0.39 is 17.2 Å². The SMILES string of the molecule is CCOc1ncccc1-c1cnc(C2(C(=O)N[C@@H]3CCN(C)C3)CCN(c3ccc(C(F)(F)F)cc3C#N)CC2)cn1. The van der Waals surface area contributed by atoms with E-state index >= 15 is 0 Å². The molecule has 220 valence electrons. The Morgan fingerprint density at radius 1 is 1.17 bits per heavy atom. The standard InChI is InChI=1S/C30H32F3N7O2/c1-3-42-27-23(5-4-11-35-27)24-17-37-26(18-36-24)29(28(41)38-22-8-12-39(2)19-22)9-13-40(14-10-29)25-7-6-21(30(31,32)33)15-20(25)16-34/h4-7,11,15,17-18,22H,3,8-10,12-14,19H2,1-2H3,(H,38,41)/t22-/m1/s1. The first-order valence-corrected chi connectivity index (χ1v) is 13.9. The van der Waals surface area contributed by atoms with Gasteiger partial charge in [0.15, 0.2) is 0 Å². The van der Waals surface area contributed by atoms with Gasteiger partial charge in [-0.1, -0.05) is 0 Å². The van der Waals surface area contributed by atoms with Gasteiger partial charge >= 0.3 is 6.18 Å². The van der Waals surface area contributed by atoms with Gasteiger partial charge in [-0.15, -0.1) is 0 Å². The molecule has 9 nitrogen and oxygen atoms in total. The van der Waals surface area contributed by atoms with Crippen molar-refractivity contribution in [3.05, 3.63) is 65.7 Å². The van der Waals surface area contributed by atoms with E-state index in [-0.39, 0.29) is 17.5 Å². The molecule has 2 fully saturated rings. The number of amides is 1. The van der Waals surface area contributed by atoms with E-state index in [2.05, 4.69) is 20.2 Å². The van der Waals surface area contributed by atoms with E-state index in [0.717, 1.165) is 31.6 Å². The van der Waals surface area contributed by atoms with Crippen LogP contribution in [0, 0.1) is 11.3 Å². The normalized spacial score (nSPS) is 18.9. The van der Waals surface area contributed by atoms with Gasteiger partial charge in [-0.3, -0.25) is 14.8 Å². The number of hydrogen-bond donors (Lipinski definition) is 1. The fourth-order valence-electron chi connectivity index (χ4n) is 5.73. The van der Waals surface area contributed by atoms with Crippen molar-refractivity contribution in [1.29, 1.82) is 5.26 Å². The summed E-state index contributed by atoms with van der Waals surface area (Å²) in [7, 11) is 2.01. The number of halogens is 3. The number of nitrogens with zero attached hydrogens (tertiary/aromatic N) is 6. The van der Waals surface area contributed by atoms with Gasteiger partial charge in [-0.25, -0.2) is 4.98 Å². The molecule has 5 rings (SSSR count). The summed E-state index contributed by atoms with van der Waals surface area (Å²) < 4.78 is 45.4. The van der Waals surface area contributed by atoms with E-state index in [1.807, 2.05) is 31.0 Å². The number of benzene rings is 1. The lowest BCUT2D eigenvalue weighted by molar-refractivity contribution is -0.137. The van der Waals surface area contributed by atoms with Crippen molar-refractivity contribution in [2.24, 2.45) is 0 Å². The van der Waals surface area contributed by atoms with E-state index in [1.54, 1.807) is 24.7 Å². The van der Waals surface area contributed by atoms with Gasteiger partial charge in [0.25, 0.3) is 0 Å². The number of piperidine rings is 1. The van der Waals surface area contributed by atoms with Crippen LogP contribution >= 0.6 is 0 Å². The second kappa shape index (κ2) is 11.9. The van der Waals surface area contributed by atoms with Crippen molar-refractivity contribution in [3.8, 4) is 23.2 Å². The number of carbonyl (C=O) groups is 1. The quantitative estimate of drug-likeness (QED) is 0.444. The lowest BCUT2D eigenvalue weighted by atomic mass is 9.74. The van der Waals surface area contributed by atoms with Gasteiger partial charge in [0.05, 0.1) is 58.2 Å². The Balaban J connectivity index is 1.44. The van der Waals surface area contributed by atoms with E-state index in [9.17, 15) is 23.2 Å². The van der Waals surface area contributed by atoms with Gasteiger partial charge in [-0.05, 0) is 70.1 Å². The molecule has 0 spiro atoms. The van der Waals surface area contributed by atoms with Crippen LogP contribution in [0.5, 0.6) is 5.88 Å². The zero-order valence-electron chi connectivity index (χ0n) is 23.5. The number of aromatic nitrogens is 3. The van der Waals surface area contributed by atoms with Crippen molar-refractivity contribution in [2.45, 2.75) is 43.8 Å². The van der Waals surface area contributed by atoms with Crippen molar-refractivity contribution in [1.82, 2.24) is 25.2 Å². The molecule has 0 unspecified atom stereocenters. The summed E-state index contributed by atoms with van der Waals surface area (Å²) in [6, 6.07) is 8.74.